The predicted octanol–water partition coefficient (Wildman–Crippen LogP) is 6.24. The lowest BCUT2D eigenvalue weighted by molar-refractivity contribution is -0.0115. The number of nitrogens with one attached hydrogen (secondary N) is 2. The van der Waals surface area contributed by atoms with Crippen molar-refractivity contribution >= 4 is 44.9 Å². The van der Waals surface area contributed by atoms with Gasteiger partial charge in [0.1, 0.15) is 11.6 Å². The number of amides is 3. The maximum absolute atomic E-state index is 14.3. The number of carbonyl (C=O) groups excluding carboxylic acids is 2. The van der Waals surface area contributed by atoms with Crippen LogP contribution in [0.3, 0.4) is 0 Å². The molecule has 0 unspecified atom stereocenters. The smallest absolute Gasteiger partial charge is 0.321 e. The zero-order valence-corrected chi connectivity index (χ0v) is 29.6. The average Bonchev–Trinajstić information content (AvgIpc) is 3.07. The lowest BCUT2D eigenvalue weighted by Gasteiger charge is -2.35. The molecule has 4 rings (SSSR count). The van der Waals surface area contributed by atoms with Crippen LogP contribution in [0.1, 0.15) is 50.4 Å². The largest absolute Gasteiger partial charge is 0.490 e. The molecular weight excluding hydrogens is 675 g/mol. The normalized spacial score (nSPS) is 19.9. The molecule has 1 heterocycles. The number of aliphatic hydroxyl groups excluding tert-OH is 1. The number of anilines is 2. The highest BCUT2D eigenvalue weighted by molar-refractivity contribution is 7.92. The lowest BCUT2D eigenvalue weighted by Crippen LogP contribution is -2.48. The second-order valence-corrected chi connectivity index (χ2v) is 14.5. The Bertz CT molecular complexity index is 1680. The quantitative estimate of drug-likeness (QED) is 0.251. The van der Waals surface area contributed by atoms with Gasteiger partial charge in [-0.05, 0) is 99.8 Å². The molecular formula is C35H44ClFN4O7S. The first-order valence-electron chi connectivity index (χ1n) is 16.2. The van der Waals surface area contributed by atoms with Crippen molar-refractivity contribution in [2.45, 2.75) is 63.2 Å². The van der Waals surface area contributed by atoms with Crippen molar-refractivity contribution in [1.29, 1.82) is 0 Å². The Morgan fingerprint density at radius 1 is 1.08 bits per heavy atom. The number of hydrogen-bond acceptors (Lipinski definition) is 7. The summed E-state index contributed by atoms with van der Waals surface area (Å²) in [6.45, 7) is 5.94. The summed E-state index contributed by atoms with van der Waals surface area (Å²) in [6.07, 6.45) is 1.42. The number of benzene rings is 3. The number of ether oxygens (including phenoxy) is 2. The van der Waals surface area contributed by atoms with Crippen molar-refractivity contribution in [3.63, 3.8) is 0 Å². The van der Waals surface area contributed by atoms with Crippen LogP contribution in [0.4, 0.5) is 20.6 Å². The van der Waals surface area contributed by atoms with Gasteiger partial charge >= 0.3 is 6.03 Å². The van der Waals surface area contributed by atoms with Crippen molar-refractivity contribution in [2.75, 3.05) is 43.4 Å². The van der Waals surface area contributed by atoms with Gasteiger partial charge in [-0.25, -0.2) is 17.6 Å². The molecule has 0 saturated heterocycles. The van der Waals surface area contributed by atoms with E-state index in [0.29, 0.717) is 23.7 Å². The van der Waals surface area contributed by atoms with Gasteiger partial charge in [0.2, 0.25) is 0 Å². The molecule has 3 aromatic carbocycles. The number of rotatable bonds is 8. The monoisotopic (exact) mass is 718 g/mol. The molecule has 11 nitrogen and oxygen atoms in total. The van der Waals surface area contributed by atoms with Crippen LogP contribution >= 0.6 is 11.6 Å². The molecule has 0 aliphatic carbocycles. The minimum atomic E-state index is -4.01. The van der Waals surface area contributed by atoms with Crippen LogP contribution in [0.25, 0.3) is 0 Å². The number of nitrogens with zero attached hydrogens (tertiary/aromatic N) is 2. The van der Waals surface area contributed by atoms with Crippen LogP contribution in [0.5, 0.6) is 5.75 Å². The molecule has 0 aromatic heterocycles. The van der Waals surface area contributed by atoms with Gasteiger partial charge in [0.25, 0.3) is 15.9 Å². The zero-order valence-electron chi connectivity index (χ0n) is 28.1. The van der Waals surface area contributed by atoms with Crippen molar-refractivity contribution < 1.29 is 37.0 Å². The van der Waals surface area contributed by atoms with E-state index < -0.39 is 39.9 Å². The Labute approximate surface area is 292 Å². The summed E-state index contributed by atoms with van der Waals surface area (Å²) in [5.41, 5.74) is 0.719. The standard InChI is InChI=1S/C35H44ClFN4O7S/c1-23-20-41(24(2)22-42)34(43)31-19-29(39-49(45,46)30-15-8-26(36)9-16-30)14-17-32(31)48-25(3)7-5-6-18-47-33(23)21-40(4)35(44)38-28-12-10-27(37)11-13-28/h8-17,19,23-25,33,39,42H,5-7,18,20-22H2,1-4H3,(H,38,44)/t23-,24-,25-,33+/m0/s1. The second kappa shape index (κ2) is 17.1. The Hall–Kier alpha value is -3.91. The number of hydrogen-bond donors (Lipinski definition) is 3. The van der Waals surface area contributed by atoms with E-state index in [1.54, 1.807) is 20.0 Å². The molecule has 3 aromatic rings. The van der Waals surface area contributed by atoms with Crippen molar-refractivity contribution in [2.24, 2.45) is 5.92 Å². The molecule has 0 bridgehead atoms. The molecule has 0 spiro atoms. The Morgan fingerprint density at radius 3 is 2.43 bits per heavy atom. The van der Waals surface area contributed by atoms with E-state index in [1.807, 2.05) is 13.8 Å². The van der Waals surface area contributed by atoms with Gasteiger partial charge in [-0.1, -0.05) is 18.5 Å². The molecule has 0 radical (unpaired) electrons. The first-order valence-corrected chi connectivity index (χ1v) is 18.0. The van der Waals surface area contributed by atoms with Gasteiger partial charge < -0.3 is 29.7 Å². The molecule has 0 fully saturated rings. The number of fused-ring (bicyclic) bond motifs is 1. The van der Waals surface area contributed by atoms with Crippen LogP contribution in [-0.2, 0) is 14.8 Å². The van der Waals surface area contributed by atoms with E-state index >= 15 is 0 Å². The second-order valence-electron chi connectivity index (χ2n) is 12.4. The summed E-state index contributed by atoms with van der Waals surface area (Å²) in [4.78, 5) is 30.3. The van der Waals surface area contributed by atoms with Crippen LogP contribution in [-0.4, -0.2) is 86.9 Å². The van der Waals surface area contributed by atoms with Gasteiger partial charge in [-0.15, -0.1) is 0 Å². The molecule has 49 heavy (non-hydrogen) atoms. The minimum absolute atomic E-state index is 0.0000990. The topological polar surface area (TPSA) is 138 Å². The summed E-state index contributed by atoms with van der Waals surface area (Å²) >= 11 is 5.94. The zero-order chi connectivity index (χ0) is 35.7. The van der Waals surface area contributed by atoms with Gasteiger partial charge in [0.15, 0.2) is 0 Å². The third kappa shape index (κ3) is 10.5. The molecule has 3 amide bonds. The Kier molecular flexibility index (Phi) is 13.3. The Balaban J connectivity index is 1.62. The molecule has 4 atom stereocenters. The van der Waals surface area contributed by atoms with E-state index in [-0.39, 0.29) is 53.6 Å². The summed E-state index contributed by atoms with van der Waals surface area (Å²) < 4.78 is 54.8. The number of halogens is 2. The fraction of sp³-hybridized carbons (Fsp3) is 0.429. The highest BCUT2D eigenvalue weighted by Gasteiger charge is 2.31. The summed E-state index contributed by atoms with van der Waals surface area (Å²) in [6, 6.07) is 14.7. The van der Waals surface area contributed by atoms with Gasteiger partial charge in [0.05, 0.1) is 35.3 Å². The van der Waals surface area contributed by atoms with E-state index in [2.05, 4.69) is 10.0 Å². The van der Waals surface area contributed by atoms with Crippen molar-refractivity contribution in [3.8, 4) is 5.75 Å². The minimum Gasteiger partial charge on any atom is -0.490 e. The third-order valence-corrected chi connectivity index (χ3v) is 9.97. The van der Waals surface area contributed by atoms with Gasteiger partial charge in [-0.2, -0.15) is 0 Å². The van der Waals surface area contributed by atoms with Gasteiger partial charge in [0, 0.05) is 49.1 Å². The maximum atomic E-state index is 14.3. The number of aliphatic hydroxyl groups is 1. The summed E-state index contributed by atoms with van der Waals surface area (Å²) in [5.74, 6) is -0.904. The fourth-order valence-corrected chi connectivity index (χ4v) is 6.56. The molecule has 3 N–H and O–H groups in total. The fourth-order valence-electron chi connectivity index (χ4n) is 5.38. The molecule has 1 aliphatic heterocycles. The average molecular weight is 719 g/mol. The van der Waals surface area contributed by atoms with E-state index in [4.69, 9.17) is 21.1 Å². The molecule has 14 heteroatoms. The van der Waals surface area contributed by atoms with E-state index in [9.17, 15) is 27.5 Å². The Morgan fingerprint density at radius 2 is 1.76 bits per heavy atom. The molecule has 266 valence electrons. The number of sulfonamides is 1. The van der Waals surface area contributed by atoms with Crippen molar-refractivity contribution in [1.82, 2.24) is 9.80 Å². The SMILES string of the molecule is C[C@H]1CCCCO[C@H](CN(C)C(=O)Nc2ccc(F)cc2)[C@@H](C)CN([C@@H](C)CO)C(=O)c2cc(NS(=O)(=O)c3ccc(Cl)cc3)ccc2O1. The number of likely N-dealkylation sites (N-methyl/N-ethyl adjacent to an activating group) is 1. The highest BCUT2D eigenvalue weighted by Crippen LogP contribution is 2.30. The molecule has 0 saturated carbocycles. The predicted molar refractivity (Wildman–Crippen MR) is 187 cm³/mol. The lowest BCUT2D eigenvalue weighted by atomic mass is 10.0. The number of carbonyl (C=O) groups is 2. The number of urea groups is 1. The van der Waals surface area contributed by atoms with E-state index in [1.165, 1.54) is 70.5 Å². The van der Waals surface area contributed by atoms with Crippen LogP contribution in [0, 0.1) is 11.7 Å². The van der Waals surface area contributed by atoms with Crippen LogP contribution in [0.15, 0.2) is 71.6 Å². The molecule has 1 aliphatic rings. The first kappa shape index (κ1) is 37.9. The van der Waals surface area contributed by atoms with Crippen molar-refractivity contribution in [3.05, 3.63) is 83.1 Å². The highest BCUT2D eigenvalue weighted by atomic mass is 35.5. The van der Waals surface area contributed by atoms with Crippen LogP contribution in [0.2, 0.25) is 5.02 Å². The van der Waals surface area contributed by atoms with Gasteiger partial charge in [-0.3, -0.25) is 9.52 Å². The first-order chi connectivity index (χ1) is 23.3. The summed E-state index contributed by atoms with van der Waals surface area (Å²) in [7, 11) is -2.38. The maximum Gasteiger partial charge on any atom is 0.321 e. The third-order valence-electron chi connectivity index (χ3n) is 8.32. The summed E-state index contributed by atoms with van der Waals surface area (Å²) in [5, 5.41) is 13.3. The van der Waals surface area contributed by atoms with E-state index in [0.717, 1.165) is 12.8 Å². The van der Waals surface area contributed by atoms with Crippen LogP contribution < -0.4 is 14.8 Å².